The molecular weight excluding hydrogens is 334 g/mol. The summed E-state index contributed by atoms with van der Waals surface area (Å²) in [6.07, 6.45) is 0. The minimum atomic E-state index is -1.35. The SMILES string of the molecule is Cc1ccc(C(=O)N2[C@@H]3CN(C)C(=O)[C@@]2(C)[C@H]2C(=O)N(C)C(=O)[C@@H]32)cc1. The van der Waals surface area contributed by atoms with E-state index in [4.69, 9.17) is 0 Å². The molecule has 0 spiro atoms. The standard InChI is InChI=1S/C19H21N3O4/c1-10-5-7-11(8-6-10)15(23)22-12-9-20(3)18(26)19(22,2)14-13(12)16(24)21(4)17(14)25/h5-8,12-14H,9H2,1-4H3/t12-,13+,14-,19-/m1/s1. The van der Waals surface area contributed by atoms with Crippen molar-refractivity contribution in [2.45, 2.75) is 25.4 Å². The molecule has 0 aromatic heterocycles. The highest BCUT2D eigenvalue weighted by molar-refractivity contribution is 6.12. The molecule has 3 fully saturated rings. The third-order valence-electron chi connectivity index (χ3n) is 6.18. The molecule has 4 amide bonds. The smallest absolute Gasteiger partial charge is 0.255 e. The maximum absolute atomic E-state index is 13.3. The number of benzene rings is 1. The fourth-order valence-corrected chi connectivity index (χ4v) is 4.85. The van der Waals surface area contributed by atoms with Crippen molar-refractivity contribution in [2.24, 2.45) is 11.8 Å². The zero-order chi connectivity index (χ0) is 19.0. The highest BCUT2D eigenvalue weighted by atomic mass is 16.2. The van der Waals surface area contributed by atoms with Gasteiger partial charge >= 0.3 is 0 Å². The first-order valence-electron chi connectivity index (χ1n) is 8.67. The first kappa shape index (κ1) is 16.8. The Morgan fingerprint density at radius 1 is 1.08 bits per heavy atom. The number of likely N-dealkylation sites (tertiary alicyclic amines) is 2. The summed E-state index contributed by atoms with van der Waals surface area (Å²) in [7, 11) is 3.10. The predicted octanol–water partition coefficient (Wildman–Crippen LogP) is 0.281. The lowest BCUT2D eigenvalue weighted by Gasteiger charge is -2.46. The number of nitrogens with zero attached hydrogens (tertiary/aromatic N) is 3. The molecule has 0 saturated carbocycles. The number of amides is 4. The van der Waals surface area contributed by atoms with Crippen LogP contribution in [-0.2, 0) is 14.4 Å². The number of rotatable bonds is 1. The largest absolute Gasteiger partial charge is 0.342 e. The van der Waals surface area contributed by atoms with Gasteiger partial charge in [-0.1, -0.05) is 17.7 Å². The normalized spacial score (nSPS) is 33.2. The van der Waals surface area contributed by atoms with Gasteiger partial charge in [-0.05, 0) is 26.0 Å². The molecule has 0 radical (unpaired) electrons. The van der Waals surface area contributed by atoms with E-state index in [9.17, 15) is 19.2 Å². The van der Waals surface area contributed by atoms with Crippen LogP contribution in [0.3, 0.4) is 0 Å². The summed E-state index contributed by atoms with van der Waals surface area (Å²) >= 11 is 0. The van der Waals surface area contributed by atoms with Crippen LogP contribution >= 0.6 is 0 Å². The maximum Gasteiger partial charge on any atom is 0.255 e. The third-order valence-corrected chi connectivity index (χ3v) is 6.18. The molecule has 3 aliphatic rings. The van der Waals surface area contributed by atoms with Crippen LogP contribution in [0.2, 0.25) is 0 Å². The van der Waals surface area contributed by atoms with Crippen LogP contribution in [0.25, 0.3) is 0 Å². The lowest BCUT2D eigenvalue weighted by Crippen LogP contribution is -2.67. The number of hydrogen-bond donors (Lipinski definition) is 0. The minimum absolute atomic E-state index is 0.250. The van der Waals surface area contributed by atoms with Crippen LogP contribution in [0.15, 0.2) is 24.3 Å². The van der Waals surface area contributed by atoms with E-state index in [0.29, 0.717) is 5.56 Å². The van der Waals surface area contributed by atoms with Crippen LogP contribution in [0.5, 0.6) is 0 Å². The topological polar surface area (TPSA) is 78.0 Å². The quantitative estimate of drug-likeness (QED) is 0.678. The monoisotopic (exact) mass is 355 g/mol. The van der Waals surface area contributed by atoms with E-state index in [1.165, 1.54) is 16.8 Å². The van der Waals surface area contributed by atoms with Gasteiger partial charge < -0.3 is 9.80 Å². The van der Waals surface area contributed by atoms with Crippen molar-refractivity contribution in [3.63, 3.8) is 0 Å². The molecule has 26 heavy (non-hydrogen) atoms. The van der Waals surface area contributed by atoms with Crippen LogP contribution in [0, 0.1) is 18.8 Å². The highest BCUT2D eigenvalue weighted by Gasteiger charge is 2.73. The summed E-state index contributed by atoms with van der Waals surface area (Å²) in [6, 6.07) is 6.60. The molecule has 7 heteroatoms. The second kappa shape index (κ2) is 5.16. The Morgan fingerprint density at radius 2 is 1.69 bits per heavy atom. The zero-order valence-corrected chi connectivity index (χ0v) is 15.2. The van der Waals surface area contributed by atoms with Gasteiger partial charge in [0.2, 0.25) is 17.7 Å². The van der Waals surface area contributed by atoms with Gasteiger partial charge in [-0.3, -0.25) is 24.1 Å². The van der Waals surface area contributed by atoms with Crippen molar-refractivity contribution in [3.05, 3.63) is 35.4 Å². The van der Waals surface area contributed by atoms with Crippen molar-refractivity contribution in [1.82, 2.24) is 14.7 Å². The van der Waals surface area contributed by atoms with Gasteiger partial charge in [0.25, 0.3) is 5.91 Å². The number of piperazine rings is 1. The molecule has 4 rings (SSSR count). The summed E-state index contributed by atoms with van der Waals surface area (Å²) in [5.41, 5.74) is 0.133. The molecule has 4 atom stereocenters. The Labute approximate surface area is 151 Å². The first-order valence-corrected chi connectivity index (χ1v) is 8.67. The summed E-state index contributed by atoms with van der Waals surface area (Å²) in [5.74, 6) is -2.78. The molecule has 0 N–H and O–H groups in total. The number of likely N-dealkylation sites (N-methyl/N-ethyl adjacent to an activating group) is 1. The molecule has 0 unspecified atom stereocenters. The lowest BCUT2D eigenvalue weighted by molar-refractivity contribution is -0.153. The molecule has 0 aliphatic carbocycles. The number of imide groups is 1. The Bertz CT molecular complexity index is 849. The fourth-order valence-electron chi connectivity index (χ4n) is 4.85. The van der Waals surface area contributed by atoms with Crippen LogP contribution in [0.4, 0.5) is 0 Å². The summed E-state index contributed by atoms with van der Waals surface area (Å²) in [4.78, 5) is 55.9. The van der Waals surface area contributed by atoms with Gasteiger partial charge in [0.1, 0.15) is 5.54 Å². The van der Waals surface area contributed by atoms with Gasteiger partial charge in [0.15, 0.2) is 0 Å². The van der Waals surface area contributed by atoms with E-state index < -0.39 is 23.4 Å². The third kappa shape index (κ3) is 1.83. The maximum atomic E-state index is 13.3. The van der Waals surface area contributed by atoms with Gasteiger partial charge in [0.05, 0.1) is 17.9 Å². The lowest BCUT2D eigenvalue weighted by atomic mass is 9.81. The minimum Gasteiger partial charge on any atom is -0.342 e. The molecule has 3 aliphatic heterocycles. The number of carbonyl (C=O) groups excluding carboxylic acids is 4. The Hall–Kier alpha value is -2.70. The molecular formula is C19H21N3O4. The van der Waals surface area contributed by atoms with Gasteiger partial charge in [-0.2, -0.15) is 0 Å². The zero-order valence-electron chi connectivity index (χ0n) is 15.2. The van der Waals surface area contributed by atoms with E-state index in [2.05, 4.69) is 0 Å². The van der Waals surface area contributed by atoms with E-state index in [0.717, 1.165) is 10.5 Å². The Kier molecular flexibility index (Phi) is 3.32. The number of hydrogen-bond acceptors (Lipinski definition) is 4. The second-order valence-corrected chi connectivity index (χ2v) is 7.68. The summed E-state index contributed by atoms with van der Waals surface area (Å²) in [6.45, 7) is 3.80. The van der Waals surface area contributed by atoms with Crippen LogP contribution in [0.1, 0.15) is 22.8 Å². The molecule has 2 bridgehead atoms. The van der Waals surface area contributed by atoms with E-state index >= 15 is 0 Å². The Balaban J connectivity index is 1.85. The van der Waals surface area contributed by atoms with Gasteiger partial charge in [-0.15, -0.1) is 0 Å². The van der Waals surface area contributed by atoms with E-state index in [1.54, 1.807) is 26.1 Å². The van der Waals surface area contributed by atoms with Crippen molar-refractivity contribution in [2.75, 3.05) is 20.6 Å². The fraction of sp³-hybridized carbons (Fsp3) is 0.474. The summed E-state index contributed by atoms with van der Waals surface area (Å²) < 4.78 is 0. The van der Waals surface area contributed by atoms with Crippen molar-refractivity contribution in [3.8, 4) is 0 Å². The Morgan fingerprint density at radius 3 is 2.31 bits per heavy atom. The summed E-state index contributed by atoms with van der Waals surface area (Å²) in [5, 5.41) is 0. The first-order chi connectivity index (χ1) is 12.2. The number of carbonyl (C=O) groups is 4. The molecule has 1 aromatic carbocycles. The van der Waals surface area contributed by atoms with Gasteiger partial charge in [0, 0.05) is 26.2 Å². The highest BCUT2D eigenvalue weighted by Crippen LogP contribution is 2.52. The van der Waals surface area contributed by atoms with Crippen LogP contribution < -0.4 is 0 Å². The molecule has 7 nitrogen and oxygen atoms in total. The van der Waals surface area contributed by atoms with E-state index in [1.807, 2.05) is 19.1 Å². The number of fused-ring (bicyclic) bond motifs is 5. The average molecular weight is 355 g/mol. The molecule has 3 saturated heterocycles. The van der Waals surface area contributed by atoms with Crippen molar-refractivity contribution < 1.29 is 19.2 Å². The molecule has 136 valence electrons. The van der Waals surface area contributed by atoms with Crippen molar-refractivity contribution >= 4 is 23.6 Å². The van der Waals surface area contributed by atoms with E-state index in [-0.39, 0.29) is 30.2 Å². The number of aryl methyl sites for hydroxylation is 1. The van der Waals surface area contributed by atoms with Crippen LogP contribution in [-0.4, -0.2) is 70.5 Å². The van der Waals surface area contributed by atoms with Crippen molar-refractivity contribution in [1.29, 1.82) is 0 Å². The van der Waals surface area contributed by atoms with Gasteiger partial charge in [-0.25, -0.2) is 0 Å². The predicted molar refractivity (Wildman–Crippen MR) is 91.9 cm³/mol. The molecule has 1 aromatic rings. The molecule has 3 heterocycles. The second-order valence-electron chi connectivity index (χ2n) is 7.68. The average Bonchev–Trinajstić information content (AvgIpc) is 2.97.